The standard InChI is InChI=1S/C10H19N2.BrH/c1-3-4-5-6-7-12-9-8-11(2)10-12;/h8-10H,3-7H2,1-2H3;1H/q+1;/p-1. The van der Waals surface area contributed by atoms with Crippen LogP contribution >= 0.6 is 0 Å². The topological polar surface area (TPSA) is 8.81 Å². The highest BCUT2D eigenvalue weighted by atomic mass is 79.9. The van der Waals surface area contributed by atoms with E-state index in [0.29, 0.717) is 0 Å². The van der Waals surface area contributed by atoms with Crippen molar-refractivity contribution in [2.24, 2.45) is 7.05 Å². The highest BCUT2D eigenvalue weighted by Gasteiger charge is 1.97. The van der Waals surface area contributed by atoms with E-state index in [4.69, 9.17) is 0 Å². The van der Waals surface area contributed by atoms with E-state index in [1.165, 1.54) is 32.2 Å². The average Bonchev–Trinajstić information content (AvgIpc) is 2.45. The van der Waals surface area contributed by atoms with Crippen molar-refractivity contribution in [1.29, 1.82) is 0 Å². The summed E-state index contributed by atoms with van der Waals surface area (Å²) in [6.07, 6.45) is 11.7. The lowest BCUT2D eigenvalue weighted by atomic mass is 10.2. The van der Waals surface area contributed by atoms with Gasteiger partial charge < -0.3 is 17.0 Å². The van der Waals surface area contributed by atoms with Crippen LogP contribution in [-0.4, -0.2) is 4.57 Å². The van der Waals surface area contributed by atoms with Crippen LogP contribution < -0.4 is 21.5 Å². The van der Waals surface area contributed by atoms with Crippen molar-refractivity contribution < 1.29 is 21.5 Å². The molecule has 0 atom stereocenters. The molecule has 0 fully saturated rings. The number of hydrogen-bond acceptors (Lipinski definition) is 0. The molecule has 0 saturated carbocycles. The third-order valence-electron chi connectivity index (χ3n) is 2.09. The molecule has 1 aromatic heterocycles. The van der Waals surface area contributed by atoms with Crippen LogP contribution in [0, 0.1) is 0 Å². The Morgan fingerprint density at radius 1 is 1.23 bits per heavy atom. The smallest absolute Gasteiger partial charge is 0.243 e. The monoisotopic (exact) mass is 246 g/mol. The minimum atomic E-state index is 0. The summed E-state index contributed by atoms with van der Waals surface area (Å²) in [5, 5.41) is 0. The average molecular weight is 247 g/mol. The number of aryl methyl sites for hydroxylation is 2. The summed E-state index contributed by atoms with van der Waals surface area (Å²) in [5.41, 5.74) is 0. The van der Waals surface area contributed by atoms with E-state index in [1.807, 2.05) is 0 Å². The minimum Gasteiger partial charge on any atom is -1.00 e. The van der Waals surface area contributed by atoms with Gasteiger partial charge in [-0.1, -0.05) is 19.8 Å². The van der Waals surface area contributed by atoms with E-state index in [9.17, 15) is 0 Å². The number of rotatable bonds is 5. The van der Waals surface area contributed by atoms with Gasteiger partial charge in [0, 0.05) is 0 Å². The number of imidazole rings is 1. The molecule has 0 radical (unpaired) electrons. The summed E-state index contributed by atoms with van der Waals surface area (Å²) < 4.78 is 4.33. The maximum atomic E-state index is 2.25. The van der Waals surface area contributed by atoms with Gasteiger partial charge in [-0.2, -0.15) is 0 Å². The summed E-state index contributed by atoms with van der Waals surface area (Å²) in [6.45, 7) is 3.41. The van der Waals surface area contributed by atoms with Gasteiger partial charge in [-0.25, -0.2) is 9.13 Å². The van der Waals surface area contributed by atoms with Crippen molar-refractivity contribution in [3.8, 4) is 0 Å². The second-order valence-corrected chi connectivity index (χ2v) is 3.38. The van der Waals surface area contributed by atoms with Crippen LogP contribution in [0.25, 0.3) is 0 Å². The fourth-order valence-corrected chi connectivity index (χ4v) is 1.36. The third-order valence-corrected chi connectivity index (χ3v) is 2.09. The van der Waals surface area contributed by atoms with Crippen molar-refractivity contribution in [1.82, 2.24) is 4.57 Å². The Hall–Kier alpha value is -0.310. The maximum absolute atomic E-state index is 2.25. The van der Waals surface area contributed by atoms with Gasteiger partial charge in [0.1, 0.15) is 12.4 Å². The number of hydrogen-bond donors (Lipinski definition) is 0. The first-order chi connectivity index (χ1) is 5.83. The van der Waals surface area contributed by atoms with Crippen molar-refractivity contribution in [3.05, 3.63) is 18.7 Å². The Morgan fingerprint density at radius 3 is 2.54 bits per heavy atom. The van der Waals surface area contributed by atoms with Gasteiger partial charge >= 0.3 is 0 Å². The molecule has 0 aliphatic carbocycles. The lowest BCUT2D eigenvalue weighted by Gasteiger charge is -1.95. The van der Waals surface area contributed by atoms with Gasteiger partial charge in [0.15, 0.2) is 0 Å². The van der Waals surface area contributed by atoms with E-state index in [2.05, 4.69) is 41.8 Å². The predicted molar refractivity (Wildman–Crippen MR) is 49.8 cm³/mol. The van der Waals surface area contributed by atoms with E-state index in [-0.39, 0.29) is 17.0 Å². The van der Waals surface area contributed by atoms with Crippen LogP contribution in [0.5, 0.6) is 0 Å². The maximum Gasteiger partial charge on any atom is 0.243 e. The molecule has 0 aliphatic rings. The van der Waals surface area contributed by atoms with E-state index >= 15 is 0 Å². The van der Waals surface area contributed by atoms with Crippen LogP contribution in [0.4, 0.5) is 0 Å². The molecule has 1 aromatic rings. The van der Waals surface area contributed by atoms with Crippen LogP contribution in [0.2, 0.25) is 0 Å². The molecule has 0 aromatic carbocycles. The second-order valence-electron chi connectivity index (χ2n) is 3.38. The predicted octanol–water partition coefficient (Wildman–Crippen LogP) is -1.10. The van der Waals surface area contributed by atoms with Crippen LogP contribution in [0.3, 0.4) is 0 Å². The first-order valence-electron chi connectivity index (χ1n) is 4.84. The molecule has 0 aliphatic heterocycles. The number of halogens is 1. The third kappa shape index (κ3) is 5.09. The molecular formula is C10H19BrN2. The Bertz CT molecular complexity index is 220. The molecule has 0 unspecified atom stereocenters. The molecule has 0 N–H and O–H groups in total. The lowest BCUT2D eigenvalue weighted by Crippen LogP contribution is -3.00. The molecule has 0 spiro atoms. The van der Waals surface area contributed by atoms with E-state index < -0.39 is 0 Å². The number of nitrogens with zero attached hydrogens (tertiary/aromatic N) is 2. The van der Waals surface area contributed by atoms with Gasteiger partial charge in [-0.3, -0.25) is 0 Å². The summed E-state index contributed by atoms with van der Waals surface area (Å²) in [5.74, 6) is 0. The Balaban J connectivity index is 0.00000144. The zero-order chi connectivity index (χ0) is 8.81. The van der Waals surface area contributed by atoms with Gasteiger partial charge in [0.2, 0.25) is 6.33 Å². The second kappa shape index (κ2) is 7.13. The fourth-order valence-electron chi connectivity index (χ4n) is 1.36. The number of aromatic nitrogens is 2. The zero-order valence-electron chi connectivity index (χ0n) is 8.54. The summed E-state index contributed by atoms with van der Waals surface area (Å²) in [7, 11) is 2.06. The molecule has 0 saturated heterocycles. The van der Waals surface area contributed by atoms with Crippen molar-refractivity contribution in [3.63, 3.8) is 0 Å². The highest BCUT2D eigenvalue weighted by Crippen LogP contribution is 2.00. The SMILES string of the molecule is CCCCCCn1cc[n+](C)c1.[Br-]. The van der Waals surface area contributed by atoms with Crippen LogP contribution in [0.1, 0.15) is 32.6 Å². The van der Waals surface area contributed by atoms with Crippen LogP contribution in [0.15, 0.2) is 18.7 Å². The van der Waals surface area contributed by atoms with Gasteiger partial charge in [-0.05, 0) is 12.8 Å². The summed E-state index contributed by atoms with van der Waals surface area (Å²) >= 11 is 0. The fraction of sp³-hybridized carbons (Fsp3) is 0.700. The molecule has 3 heteroatoms. The first kappa shape index (κ1) is 12.7. The molecule has 1 heterocycles. The Morgan fingerprint density at radius 2 is 2.00 bits per heavy atom. The van der Waals surface area contributed by atoms with Gasteiger partial charge in [0.05, 0.1) is 13.6 Å². The normalized spacial score (nSPS) is 9.69. The quantitative estimate of drug-likeness (QED) is 0.461. The Labute approximate surface area is 91.3 Å². The molecule has 2 nitrogen and oxygen atoms in total. The molecule has 1 rings (SSSR count). The lowest BCUT2D eigenvalue weighted by molar-refractivity contribution is -0.671. The zero-order valence-corrected chi connectivity index (χ0v) is 10.1. The van der Waals surface area contributed by atoms with Crippen molar-refractivity contribution >= 4 is 0 Å². The van der Waals surface area contributed by atoms with Crippen molar-refractivity contribution in [2.75, 3.05) is 0 Å². The molecule has 0 bridgehead atoms. The summed E-state index contributed by atoms with van der Waals surface area (Å²) in [6, 6.07) is 0. The van der Waals surface area contributed by atoms with Gasteiger partial charge in [0.25, 0.3) is 0 Å². The number of unbranched alkanes of at least 4 members (excludes halogenated alkanes) is 3. The molecule has 0 amide bonds. The van der Waals surface area contributed by atoms with E-state index in [0.717, 1.165) is 0 Å². The van der Waals surface area contributed by atoms with Crippen LogP contribution in [-0.2, 0) is 13.6 Å². The van der Waals surface area contributed by atoms with Crippen molar-refractivity contribution in [2.45, 2.75) is 39.2 Å². The molecular weight excluding hydrogens is 228 g/mol. The Kier molecular flexibility index (Phi) is 6.96. The summed E-state index contributed by atoms with van der Waals surface area (Å²) in [4.78, 5) is 0. The first-order valence-corrected chi connectivity index (χ1v) is 4.84. The minimum absolute atomic E-state index is 0. The molecule has 13 heavy (non-hydrogen) atoms. The highest BCUT2D eigenvalue weighted by molar-refractivity contribution is 4.65. The molecule has 76 valence electrons. The van der Waals surface area contributed by atoms with E-state index in [1.54, 1.807) is 0 Å². The van der Waals surface area contributed by atoms with Gasteiger partial charge in [-0.15, -0.1) is 0 Å². The largest absolute Gasteiger partial charge is 1.00 e.